The van der Waals surface area contributed by atoms with E-state index in [1.54, 1.807) is 11.3 Å². The van der Waals surface area contributed by atoms with E-state index >= 15 is 0 Å². The number of ether oxygens (including phenoxy) is 2. The van der Waals surface area contributed by atoms with Crippen LogP contribution in [0.2, 0.25) is 0 Å². The number of hydrogen-bond acceptors (Lipinski definition) is 7. The van der Waals surface area contributed by atoms with Gasteiger partial charge in [0.1, 0.15) is 12.4 Å². The summed E-state index contributed by atoms with van der Waals surface area (Å²) in [5.41, 5.74) is 9.94. The number of piperidine rings is 1. The minimum atomic E-state index is -0.718. The Labute approximate surface area is 247 Å². The molecule has 1 unspecified atom stereocenters. The van der Waals surface area contributed by atoms with E-state index in [4.69, 9.17) is 14.5 Å². The summed E-state index contributed by atoms with van der Waals surface area (Å²) in [4.78, 5) is 21.3. The van der Waals surface area contributed by atoms with E-state index in [9.17, 15) is 9.90 Å². The van der Waals surface area contributed by atoms with Crippen LogP contribution in [0.3, 0.4) is 0 Å². The molecule has 0 bridgehead atoms. The van der Waals surface area contributed by atoms with Crippen LogP contribution in [0.5, 0.6) is 5.75 Å². The molecule has 218 valence electrons. The maximum Gasteiger partial charge on any atom is 0.308 e. The highest BCUT2D eigenvalue weighted by Gasteiger charge is 2.29. The van der Waals surface area contributed by atoms with Gasteiger partial charge in [-0.25, -0.2) is 4.98 Å². The summed E-state index contributed by atoms with van der Waals surface area (Å²) in [6.45, 7) is 12.3. The van der Waals surface area contributed by atoms with Crippen LogP contribution in [0.15, 0.2) is 29.6 Å². The highest BCUT2D eigenvalue weighted by Crippen LogP contribution is 2.37. The van der Waals surface area contributed by atoms with Gasteiger partial charge in [0, 0.05) is 49.8 Å². The maximum absolute atomic E-state index is 11.6. The van der Waals surface area contributed by atoms with Gasteiger partial charge in [0.05, 0.1) is 18.2 Å². The van der Waals surface area contributed by atoms with Crippen molar-refractivity contribution in [3.8, 4) is 17.0 Å². The molecule has 0 amide bonds. The largest absolute Gasteiger partial charge is 0.488 e. The van der Waals surface area contributed by atoms with E-state index in [0.29, 0.717) is 19.2 Å². The molecule has 3 aliphatic heterocycles. The van der Waals surface area contributed by atoms with Crippen molar-refractivity contribution in [1.82, 2.24) is 9.88 Å². The molecule has 6 rings (SSSR count). The zero-order valence-electron chi connectivity index (χ0n) is 24.4. The molecule has 4 heterocycles. The van der Waals surface area contributed by atoms with Crippen molar-refractivity contribution < 1.29 is 19.4 Å². The van der Waals surface area contributed by atoms with E-state index in [2.05, 4.69) is 60.2 Å². The lowest BCUT2D eigenvalue weighted by atomic mass is 9.87. The Bertz CT molecular complexity index is 1410. The molecule has 2 fully saturated rings. The average molecular weight is 576 g/mol. The van der Waals surface area contributed by atoms with Gasteiger partial charge in [-0.1, -0.05) is 17.7 Å². The first-order valence-electron chi connectivity index (χ1n) is 15.0. The molecular weight excluding hydrogens is 534 g/mol. The number of carbonyl (C=O) groups is 1. The molecular formula is C33H41N3O4S. The molecule has 1 N–H and O–H groups in total. The van der Waals surface area contributed by atoms with Gasteiger partial charge in [-0.3, -0.25) is 9.69 Å². The van der Waals surface area contributed by atoms with Crippen molar-refractivity contribution in [3.63, 3.8) is 0 Å². The first kappa shape index (κ1) is 28.2. The first-order valence-corrected chi connectivity index (χ1v) is 15.8. The summed E-state index contributed by atoms with van der Waals surface area (Å²) in [5, 5.41) is 12.5. The number of aryl methyl sites for hydroxylation is 2. The molecule has 0 radical (unpaired) electrons. The molecule has 8 heteroatoms. The van der Waals surface area contributed by atoms with E-state index in [0.717, 1.165) is 86.2 Å². The minimum absolute atomic E-state index is 0.332. The summed E-state index contributed by atoms with van der Waals surface area (Å²) >= 11 is 1.58. The van der Waals surface area contributed by atoms with Crippen LogP contribution in [0.4, 0.5) is 5.13 Å². The summed E-state index contributed by atoms with van der Waals surface area (Å²) < 4.78 is 12.3. The van der Waals surface area contributed by atoms with Gasteiger partial charge >= 0.3 is 5.97 Å². The molecule has 3 aromatic rings. The van der Waals surface area contributed by atoms with Gasteiger partial charge < -0.3 is 19.5 Å². The number of thiazole rings is 1. The number of fused-ring (bicyclic) bond motifs is 1. The molecule has 7 nitrogen and oxygen atoms in total. The van der Waals surface area contributed by atoms with Crippen molar-refractivity contribution in [1.29, 1.82) is 0 Å². The molecule has 0 spiro atoms. The normalized spacial score (nSPS) is 21.5. The summed E-state index contributed by atoms with van der Waals surface area (Å²) in [6.07, 6.45) is 5.07. The summed E-state index contributed by atoms with van der Waals surface area (Å²) in [6, 6.07) is 9.13. The molecule has 1 aromatic heterocycles. The second-order valence-corrected chi connectivity index (χ2v) is 12.8. The number of carboxylic acid groups (broad SMARTS) is 1. The Morgan fingerprint density at radius 1 is 1.15 bits per heavy atom. The molecule has 2 saturated heterocycles. The van der Waals surface area contributed by atoms with Gasteiger partial charge in [-0.15, -0.1) is 11.3 Å². The Morgan fingerprint density at radius 3 is 2.83 bits per heavy atom. The van der Waals surface area contributed by atoms with E-state index in [1.165, 1.54) is 34.2 Å². The number of hydrogen-bond donors (Lipinski definition) is 1. The van der Waals surface area contributed by atoms with Crippen LogP contribution in [0.1, 0.15) is 59.1 Å². The molecule has 41 heavy (non-hydrogen) atoms. The highest BCUT2D eigenvalue weighted by atomic mass is 32.1. The van der Waals surface area contributed by atoms with Crippen LogP contribution in [0, 0.1) is 26.7 Å². The number of carboxylic acids is 1. The quantitative estimate of drug-likeness (QED) is 0.362. The lowest BCUT2D eigenvalue weighted by molar-refractivity contribution is -0.141. The smallest absolute Gasteiger partial charge is 0.308 e. The van der Waals surface area contributed by atoms with Crippen LogP contribution in [0.25, 0.3) is 11.3 Å². The number of anilines is 1. The zero-order valence-corrected chi connectivity index (χ0v) is 25.3. The Kier molecular flexibility index (Phi) is 8.33. The number of aliphatic carboxylic acids is 1. The third-order valence-electron chi connectivity index (χ3n) is 9.16. The zero-order chi connectivity index (χ0) is 28.5. The van der Waals surface area contributed by atoms with Crippen molar-refractivity contribution in [2.75, 3.05) is 37.7 Å². The standard InChI is InChI=1S/C33H41N3O4S/c1-21-8-9-31(28(14-21)30-20-41-33(34-30)36-11-4-6-24(16-36)32(37)38)40-18-25-15-22(2)29-17-35(12-10-27(29)23(25)3)26-7-5-13-39-19-26/h8-9,14-15,20,24,26H,4-7,10-13,16-19H2,1-3H3,(H,37,38)/t24-,26?/m0/s1. The van der Waals surface area contributed by atoms with E-state index in [-0.39, 0.29) is 5.92 Å². The highest BCUT2D eigenvalue weighted by molar-refractivity contribution is 7.14. The minimum Gasteiger partial charge on any atom is -0.488 e. The summed E-state index contributed by atoms with van der Waals surface area (Å²) in [7, 11) is 0. The number of benzene rings is 2. The topological polar surface area (TPSA) is 75.1 Å². The van der Waals surface area contributed by atoms with Crippen molar-refractivity contribution >= 4 is 22.4 Å². The van der Waals surface area contributed by atoms with Gasteiger partial charge in [-0.05, 0) is 92.8 Å². The van der Waals surface area contributed by atoms with Crippen LogP contribution in [-0.4, -0.2) is 59.8 Å². The van der Waals surface area contributed by atoms with Crippen LogP contribution >= 0.6 is 11.3 Å². The predicted octanol–water partition coefficient (Wildman–Crippen LogP) is 6.15. The van der Waals surface area contributed by atoms with Gasteiger partial charge in [0.2, 0.25) is 0 Å². The second kappa shape index (κ2) is 12.1. The fraction of sp³-hybridized carbons (Fsp3) is 0.515. The molecule has 2 aromatic carbocycles. The molecule has 0 saturated carbocycles. The van der Waals surface area contributed by atoms with Crippen LogP contribution < -0.4 is 9.64 Å². The maximum atomic E-state index is 11.6. The summed E-state index contributed by atoms with van der Waals surface area (Å²) in [5.74, 6) is -0.223. The number of rotatable bonds is 7. The van der Waals surface area contributed by atoms with Crippen LogP contribution in [-0.2, 0) is 29.1 Å². The van der Waals surface area contributed by atoms with Crippen molar-refractivity contribution in [2.45, 2.75) is 72.1 Å². The van der Waals surface area contributed by atoms with Gasteiger partial charge in [0.15, 0.2) is 5.13 Å². The van der Waals surface area contributed by atoms with Gasteiger partial charge in [-0.2, -0.15) is 0 Å². The fourth-order valence-corrected chi connectivity index (χ4v) is 7.56. The number of aromatic nitrogens is 1. The fourth-order valence-electron chi connectivity index (χ4n) is 6.70. The lowest BCUT2D eigenvalue weighted by Crippen LogP contribution is -2.44. The van der Waals surface area contributed by atoms with Gasteiger partial charge in [0.25, 0.3) is 0 Å². The van der Waals surface area contributed by atoms with Crippen molar-refractivity contribution in [2.24, 2.45) is 5.92 Å². The third-order valence-corrected chi connectivity index (χ3v) is 10.1. The number of nitrogens with zero attached hydrogens (tertiary/aromatic N) is 3. The molecule has 2 atom stereocenters. The first-order chi connectivity index (χ1) is 19.9. The second-order valence-electron chi connectivity index (χ2n) is 12.0. The van der Waals surface area contributed by atoms with E-state index in [1.807, 2.05) is 0 Å². The predicted molar refractivity (Wildman–Crippen MR) is 163 cm³/mol. The van der Waals surface area contributed by atoms with Crippen molar-refractivity contribution in [3.05, 3.63) is 63.0 Å². The Balaban J connectivity index is 1.19. The lowest BCUT2D eigenvalue weighted by Gasteiger charge is -2.38. The monoisotopic (exact) mass is 575 g/mol. The third kappa shape index (κ3) is 6.01. The average Bonchev–Trinajstić information content (AvgIpc) is 3.49. The Morgan fingerprint density at radius 2 is 2.02 bits per heavy atom. The SMILES string of the molecule is Cc1ccc(OCc2cc(C)c3c(c2C)CCN(C2CCCOC2)C3)c(-c2csc(N3CCC[C@H](C(=O)O)C3)n2)c1. The van der Waals surface area contributed by atoms with E-state index < -0.39 is 5.97 Å². The molecule has 0 aliphatic carbocycles. The molecule has 3 aliphatic rings. The Hall–Kier alpha value is -2.94.